The van der Waals surface area contributed by atoms with Gasteiger partial charge in [-0.3, -0.25) is 4.79 Å². The van der Waals surface area contributed by atoms with Gasteiger partial charge in [-0.15, -0.1) is 0 Å². The third kappa shape index (κ3) is 5.01. The van der Waals surface area contributed by atoms with Crippen LogP contribution in [0.25, 0.3) is 11.1 Å². The van der Waals surface area contributed by atoms with Crippen LogP contribution in [0, 0.1) is 5.92 Å². The largest absolute Gasteiger partial charge is 0.384 e. The summed E-state index contributed by atoms with van der Waals surface area (Å²) in [5.41, 5.74) is 5.83. The zero-order valence-corrected chi connectivity index (χ0v) is 16.8. The molecular formula is C25H28N2O. The molecule has 144 valence electrons. The molecule has 0 aliphatic heterocycles. The molecule has 0 aliphatic carbocycles. The van der Waals surface area contributed by atoms with E-state index in [1.807, 2.05) is 61.5 Å². The first kappa shape index (κ1) is 19.7. The average Bonchev–Trinajstić information content (AvgIpc) is 2.70. The van der Waals surface area contributed by atoms with E-state index in [4.69, 9.17) is 0 Å². The molecule has 0 atom stereocenters. The number of carbonyl (C=O) groups excluding carboxylic acids is 1. The second kappa shape index (κ2) is 9.23. The summed E-state index contributed by atoms with van der Waals surface area (Å²) in [5, 5.41) is 6.41. The fourth-order valence-electron chi connectivity index (χ4n) is 3.26. The van der Waals surface area contributed by atoms with E-state index in [-0.39, 0.29) is 5.91 Å². The van der Waals surface area contributed by atoms with Gasteiger partial charge in [0.2, 0.25) is 0 Å². The molecule has 0 radical (unpaired) electrons. The Kier molecular flexibility index (Phi) is 6.49. The molecule has 3 nitrogen and oxygen atoms in total. The summed E-state index contributed by atoms with van der Waals surface area (Å²) in [6.45, 7) is 7.23. The highest BCUT2D eigenvalue weighted by Gasteiger charge is 2.11. The van der Waals surface area contributed by atoms with Crippen LogP contribution >= 0.6 is 0 Å². The number of rotatable bonds is 7. The molecule has 0 fully saturated rings. The Balaban J connectivity index is 1.84. The summed E-state index contributed by atoms with van der Waals surface area (Å²) in [4.78, 5) is 12.8. The Morgan fingerprint density at radius 3 is 2.21 bits per heavy atom. The summed E-state index contributed by atoms with van der Waals surface area (Å²) in [5.74, 6) is 0.503. The fourth-order valence-corrected chi connectivity index (χ4v) is 3.26. The Labute approximate surface area is 167 Å². The van der Waals surface area contributed by atoms with Gasteiger partial charge in [0.25, 0.3) is 5.91 Å². The van der Waals surface area contributed by atoms with Gasteiger partial charge in [0.05, 0.1) is 11.4 Å². The summed E-state index contributed by atoms with van der Waals surface area (Å²) in [6, 6.07) is 24.2. The monoisotopic (exact) mass is 372 g/mol. The lowest BCUT2D eigenvalue weighted by Gasteiger charge is -2.14. The Morgan fingerprint density at radius 1 is 0.857 bits per heavy atom. The molecule has 0 spiro atoms. The standard InChI is InChI=1S/C25H28N2O/c1-4-26-23-15-14-22(20-8-6-5-7-9-20)17-24(23)27-25(28)21-12-10-19(11-13-21)16-18(2)3/h5-15,17-18,26H,4,16H2,1-3H3,(H,27,28). The van der Waals surface area contributed by atoms with Crippen LogP contribution in [-0.2, 0) is 6.42 Å². The van der Waals surface area contributed by atoms with Crippen LogP contribution in [0.4, 0.5) is 11.4 Å². The van der Waals surface area contributed by atoms with Crippen molar-refractivity contribution in [3.05, 3.63) is 83.9 Å². The number of anilines is 2. The number of carbonyl (C=O) groups is 1. The van der Waals surface area contributed by atoms with Crippen molar-refractivity contribution >= 4 is 17.3 Å². The van der Waals surface area contributed by atoms with Crippen LogP contribution in [0.3, 0.4) is 0 Å². The van der Waals surface area contributed by atoms with Crippen molar-refractivity contribution in [3.8, 4) is 11.1 Å². The third-order valence-corrected chi connectivity index (χ3v) is 4.60. The first-order chi connectivity index (χ1) is 13.6. The summed E-state index contributed by atoms with van der Waals surface area (Å²) < 4.78 is 0. The molecule has 0 unspecified atom stereocenters. The maximum Gasteiger partial charge on any atom is 0.255 e. The Hall–Kier alpha value is -3.07. The van der Waals surface area contributed by atoms with Crippen molar-refractivity contribution in [2.24, 2.45) is 5.92 Å². The molecule has 0 saturated heterocycles. The topological polar surface area (TPSA) is 41.1 Å². The number of benzene rings is 3. The van der Waals surface area contributed by atoms with E-state index in [1.165, 1.54) is 5.56 Å². The molecule has 0 saturated carbocycles. The zero-order valence-electron chi connectivity index (χ0n) is 16.8. The zero-order chi connectivity index (χ0) is 19.9. The predicted octanol–water partition coefficient (Wildman–Crippen LogP) is 6.24. The molecule has 2 N–H and O–H groups in total. The molecule has 3 aromatic carbocycles. The SMILES string of the molecule is CCNc1ccc(-c2ccccc2)cc1NC(=O)c1ccc(CC(C)C)cc1. The molecule has 0 heterocycles. The Morgan fingerprint density at radius 2 is 1.57 bits per heavy atom. The quantitative estimate of drug-likeness (QED) is 0.516. The number of nitrogens with one attached hydrogen (secondary N) is 2. The van der Waals surface area contributed by atoms with Gasteiger partial charge in [0.15, 0.2) is 0 Å². The summed E-state index contributed by atoms with van der Waals surface area (Å²) >= 11 is 0. The normalized spacial score (nSPS) is 10.7. The van der Waals surface area contributed by atoms with E-state index >= 15 is 0 Å². The van der Waals surface area contributed by atoms with Gasteiger partial charge >= 0.3 is 0 Å². The number of amides is 1. The van der Waals surface area contributed by atoms with Crippen LogP contribution in [0.15, 0.2) is 72.8 Å². The van der Waals surface area contributed by atoms with Crippen molar-refractivity contribution in [1.82, 2.24) is 0 Å². The van der Waals surface area contributed by atoms with Crippen LogP contribution in [0.2, 0.25) is 0 Å². The lowest BCUT2D eigenvalue weighted by Crippen LogP contribution is -2.14. The van der Waals surface area contributed by atoms with Crippen LogP contribution < -0.4 is 10.6 Å². The van der Waals surface area contributed by atoms with Crippen molar-refractivity contribution < 1.29 is 4.79 Å². The van der Waals surface area contributed by atoms with E-state index in [9.17, 15) is 4.79 Å². The van der Waals surface area contributed by atoms with E-state index < -0.39 is 0 Å². The fraction of sp³-hybridized carbons (Fsp3) is 0.240. The maximum absolute atomic E-state index is 12.8. The van der Waals surface area contributed by atoms with Crippen molar-refractivity contribution in [3.63, 3.8) is 0 Å². The highest BCUT2D eigenvalue weighted by molar-refractivity contribution is 6.06. The van der Waals surface area contributed by atoms with Crippen LogP contribution in [0.1, 0.15) is 36.7 Å². The van der Waals surface area contributed by atoms with E-state index in [0.29, 0.717) is 11.5 Å². The minimum atomic E-state index is -0.0968. The first-order valence-electron chi connectivity index (χ1n) is 9.90. The summed E-state index contributed by atoms with van der Waals surface area (Å²) in [6.07, 6.45) is 1.02. The van der Waals surface area contributed by atoms with Crippen molar-refractivity contribution in [2.75, 3.05) is 17.2 Å². The molecule has 0 aromatic heterocycles. The molecule has 3 aromatic rings. The summed E-state index contributed by atoms with van der Waals surface area (Å²) in [7, 11) is 0. The Bertz CT molecular complexity index is 915. The minimum Gasteiger partial charge on any atom is -0.384 e. The van der Waals surface area contributed by atoms with Gasteiger partial charge in [-0.25, -0.2) is 0 Å². The van der Waals surface area contributed by atoms with Gasteiger partial charge in [0, 0.05) is 12.1 Å². The molecule has 3 rings (SSSR count). The minimum absolute atomic E-state index is 0.0968. The average molecular weight is 373 g/mol. The van der Waals surface area contributed by atoms with E-state index in [1.54, 1.807) is 0 Å². The molecule has 3 heteroatoms. The second-order valence-corrected chi connectivity index (χ2v) is 7.41. The molecular weight excluding hydrogens is 344 g/mol. The highest BCUT2D eigenvalue weighted by Crippen LogP contribution is 2.29. The molecule has 0 bridgehead atoms. The molecule has 0 aliphatic rings. The smallest absolute Gasteiger partial charge is 0.255 e. The predicted molar refractivity (Wildman–Crippen MR) is 119 cm³/mol. The van der Waals surface area contributed by atoms with Crippen molar-refractivity contribution in [1.29, 1.82) is 0 Å². The maximum atomic E-state index is 12.8. The van der Waals surface area contributed by atoms with Gasteiger partial charge in [0.1, 0.15) is 0 Å². The van der Waals surface area contributed by atoms with Gasteiger partial charge < -0.3 is 10.6 Å². The molecule has 28 heavy (non-hydrogen) atoms. The van der Waals surface area contributed by atoms with Gasteiger partial charge in [-0.2, -0.15) is 0 Å². The number of hydrogen-bond acceptors (Lipinski definition) is 2. The van der Waals surface area contributed by atoms with Crippen LogP contribution in [-0.4, -0.2) is 12.5 Å². The van der Waals surface area contributed by atoms with Crippen LogP contribution in [0.5, 0.6) is 0 Å². The molecule has 1 amide bonds. The highest BCUT2D eigenvalue weighted by atomic mass is 16.1. The lowest BCUT2D eigenvalue weighted by molar-refractivity contribution is 0.102. The van der Waals surface area contributed by atoms with E-state index in [2.05, 4.69) is 42.7 Å². The lowest BCUT2D eigenvalue weighted by atomic mass is 10.0. The second-order valence-electron chi connectivity index (χ2n) is 7.41. The van der Waals surface area contributed by atoms with Crippen molar-refractivity contribution in [2.45, 2.75) is 27.2 Å². The van der Waals surface area contributed by atoms with Gasteiger partial charge in [-0.05, 0) is 60.2 Å². The third-order valence-electron chi connectivity index (χ3n) is 4.60. The first-order valence-corrected chi connectivity index (χ1v) is 9.90. The van der Waals surface area contributed by atoms with E-state index in [0.717, 1.165) is 35.5 Å². The number of hydrogen-bond donors (Lipinski definition) is 2. The van der Waals surface area contributed by atoms with Gasteiger partial charge in [-0.1, -0.05) is 62.4 Å².